The monoisotopic (exact) mass is 651 g/mol. The lowest BCUT2D eigenvalue weighted by Gasteiger charge is -2.32. The summed E-state index contributed by atoms with van der Waals surface area (Å²) in [7, 11) is 0. The van der Waals surface area contributed by atoms with E-state index in [0.29, 0.717) is 28.4 Å². The average molecular weight is 652 g/mol. The maximum absolute atomic E-state index is 14.3. The molecule has 1 saturated heterocycles. The molecule has 1 aliphatic heterocycles. The summed E-state index contributed by atoms with van der Waals surface area (Å²) in [6, 6.07) is 17.4. The van der Waals surface area contributed by atoms with E-state index in [1.165, 1.54) is 23.1 Å². The lowest BCUT2D eigenvalue weighted by molar-refractivity contribution is -0.138. The van der Waals surface area contributed by atoms with Gasteiger partial charge < -0.3 is 20.9 Å². The number of halogens is 1. The van der Waals surface area contributed by atoms with Crippen molar-refractivity contribution in [1.29, 1.82) is 5.26 Å². The Morgan fingerprint density at radius 3 is 2.42 bits per heavy atom. The number of fused-ring (bicyclic) bond motifs is 1. The molecule has 9 nitrogen and oxygen atoms in total. The number of nitriles is 1. The quantitative estimate of drug-likeness (QED) is 0.228. The summed E-state index contributed by atoms with van der Waals surface area (Å²) in [5.74, 6) is -1.99. The summed E-state index contributed by atoms with van der Waals surface area (Å²) in [5.41, 5.74) is -0.721. The van der Waals surface area contributed by atoms with Gasteiger partial charge >= 0.3 is 0 Å². The molecule has 4 amide bonds. The number of likely N-dealkylation sites (tertiary alicyclic amines) is 1. The number of hydrogen-bond acceptors (Lipinski definition) is 5. The second kappa shape index (κ2) is 14.0. The van der Waals surface area contributed by atoms with E-state index in [1.54, 1.807) is 48.5 Å². The van der Waals surface area contributed by atoms with Crippen LogP contribution in [0.15, 0.2) is 79.4 Å². The summed E-state index contributed by atoms with van der Waals surface area (Å²) in [5, 5.41) is 19.9. The van der Waals surface area contributed by atoms with Crippen LogP contribution in [0.2, 0.25) is 0 Å². The van der Waals surface area contributed by atoms with E-state index in [2.05, 4.69) is 28.6 Å². The van der Waals surface area contributed by atoms with Crippen molar-refractivity contribution in [3.63, 3.8) is 0 Å². The van der Waals surface area contributed by atoms with Gasteiger partial charge in [-0.05, 0) is 65.3 Å². The van der Waals surface area contributed by atoms with Gasteiger partial charge in [-0.1, -0.05) is 76.1 Å². The lowest BCUT2D eigenvalue weighted by Crippen LogP contribution is -2.56. The molecule has 10 heteroatoms. The number of amides is 4. The van der Waals surface area contributed by atoms with Crippen LogP contribution in [0, 0.1) is 33.9 Å². The molecule has 1 saturated carbocycles. The zero-order chi connectivity index (χ0) is 34.6. The molecule has 3 aromatic carbocycles. The molecule has 0 unspecified atom stereocenters. The van der Waals surface area contributed by atoms with Gasteiger partial charge in [0, 0.05) is 24.2 Å². The van der Waals surface area contributed by atoms with E-state index in [0.717, 1.165) is 12.8 Å². The summed E-state index contributed by atoms with van der Waals surface area (Å²) >= 11 is 0. The highest BCUT2D eigenvalue weighted by molar-refractivity contribution is 6.08. The van der Waals surface area contributed by atoms with Gasteiger partial charge in [0.1, 0.15) is 23.9 Å². The number of para-hydroxylation sites is 1. The molecule has 48 heavy (non-hydrogen) atoms. The number of benzene rings is 3. The summed E-state index contributed by atoms with van der Waals surface area (Å²) < 4.78 is 13.9. The second-order valence-corrected chi connectivity index (χ2v) is 14.2. The molecule has 250 valence electrons. The van der Waals surface area contributed by atoms with Crippen LogP contribution >= 0.6 is 0 Å². The molecule has 5 rings (SSSR count). The highest BCUT2D eigenvalue weighted by Gasteiger charge is 2.50. The van der Waals surface area contributed by atoms with Gasteiger partial charge in [-0.15, -0.1) is 6.58 Å². The molecule has 1 heterocycles. The molecule has 0 spiro atoms. The van der Waals surface area contributed by atoms with E-state index >= 15 is 0 Å². The Balaban J connectivity index is 1.37. The number of anilines is 1. The summed E-state index contributed by atoms with van der Waals surface area (Å²) in [4.78, 5) is 56.7. The Morgan fingerprint density at radius 2 is 1.77 bits per heavy atom. The van der Waals surface area contributed by atoms with Gasteiger partial charge in [-0.3, -0.25) is 19.2 Å². The highest BCUT2D eigenvalue weighted by atomic mass is 19.1. The summed E-state index contributed by atoms with van der Waals surface area (Å²) in [6.45, 7) is 9.64. The summed E-state index contributed by atoms with van der Waals surface area (Å²) in [6.07, 6.45) is 4.07. The smallest absolute Gasteiger partial charge is 0.252 e. The van der Waals surface area contributed by atoms with Crippen molar-refractivity contribution in [1.82, 2.24) is 15.5 Å². The first kappa shape index (κ1) is 34.3. The zero-order valence-corrected chi connectivity index (χ0v) is 27.6. The van der Waals surface area contributed by atoms with Crippen LogP contribution in [0.5, 0.6) is 0 Å². The molecule has 0 aromatic heterocycles. The van der Waals surface area contributed by atoms with Crippen LogP contribution in [-0.4, -0.2) is 53.2 Å². The predicted octanol–water partition coefficient (Wildman–Crippen LogP) is 5.73. The molecule has 4 atom stereocenters. The molecule has 2 aliphatic rings. The van der Waals surface area contributed by atoms with Crippen LogP contribution in [0.3, 0.4) is 0 Å². The van der Waals surface area contributed by atoms with E-state index in [9.17, 15) is 28.8 Å². The Morgan fingerprint density at radius 1 is 1.04 bits per heavy atom. The highest BCUT2D eigenvalue weighted by Crippen LogP contribution is 2.38. The van der Waals surface area contributed by atoms with Crippen molar-refractivity contribution in [3.8, 4) is 6.07 Å². The molecule has 1 aliphatic carbocycles. The molecule has 3 aromatic rings. The van der Waals surface area contributed by atoms with Crippen molar-refractivity contribution in [3.05, 3.63) is 90.8 Å². The number of carbonyl (C=O) groups is 4. The first-order valence-corrected chi connectivity index (χ1v) is 16.3. The minimum Gasteiger partial charge on any atom is -0.342 e. The van der Waals surface area contributed by atoms with E-state index in [1.807, 2.05) is 26.8 Å². The van der Waals surface area contributed by atoms with E-state index in [4.69, 9.17) is 0 Å². The van der Waals surface area contributed by atoms with E-state index in [-0.39, 0.29) is 31.2 Å². The number of nitrogens with one attached hydrogen (secondary N) is 3. The van der Waals surface area contributed by atoms with Crippen LogP contribution in [-0.2, 0) is 14.4 Å². The molecule has 0 radical (unpaired) electrons. The Bertz CT molecular complexity index is 1760. The molecule has 0 bridgehead atoms. The van der Waals surface area contributed by atoms with Gasteiger partial charge in [0.15, 0.2) is 0 Å². The van der Waals surface area contributed by atoms with Gasteiger partial charge in [-0.2, -0.15) is 5.26 Å². The molecular formula is C38H42FN5O4. The zero-order valence-electron chi connectivity index (χ0n) is 27.6. The maximum atomic E-state index is 14.3. The molecule has 3 N–H and O–H groups in total. The van der Waals surface area contributed by atoms with Gasteiger partial charge in [0.05, 0.1) is 11.5 Å². The van der Waals surface area contributed by atoms with E-state index < -0.39 is 52.5 Å². The Hall–Kier alpha value is -5.04. The van der Waals surface area contributed by atoms with Gasteiger partial charge in [-0.25, -0.2) is 4.39 Å². The third kappa shape index (κ3) is 7.91. The molecule has 2 fully saturated rings. The number of hydrogen-bond donors (Lipinski definition) is 3. The lowest BCUT2D eigenvalue weighted by atomic mass is 9.84. The largest absolute Gasteiger partial charge is 0.342 e. The van der Waals surface area contributed by atoms with Crippen molar-refractivity contribution >= 4 is 40.1 Å². The fourth-order valence-corrected chi connectivity index (χ4v) is 6.35. The Kier molecular flexibility index (Phi) is 9.99. The van der Waals surface area contributed by atoms with Crippen LogP contribution in [0.4, 0.5) is 10.1 Å². The minimum atomic E-state index is -1.22. The average Bonchev–Trinajstić information content (AvgIpc) is 3.79. The number of nitrogens with zero attached hydrogens (tertiary/aromatic N) is 2. The normalized spacial score (nSPS) is 20.3. The standard InChI is InChI=1S/C38H42FN5O4/c1-5-38(36(48)41-27-11-7-6-8-12-27)20-28(22-40)44(23-38)35(47)32(21-37(2,3)4)43-34(46)31(18-24-14-15-24)42-33(45)30-13-9-10-25-19-26(39)16-17-29(25)30/h5-13,16-17,19,24,28,31-32H,1,14-15,18,20-21,23H2,2-4H3,(H,41,48)(H,42,45)(H,43,46)/t28-,31-,32-,38-/m0/s1. The third-order valence-corrected chi connectivity index (χ3v) is 9.10. The Labute approximate surface area is 280 Å². The fourth-order valence-electron chi connectivity index (χ4n) is 6.35. The topological polar surface area (TPSA) is 131 Å². The van der Waals surface area contributed by atoms with Crippen molar-refractivity contribution in [2.75, 3.05) is 11.9 Å². The van der Waals surface area contributed by atoms with Crippen molar-refractivity contribution in [2.24, 2.45) is 16.7 Å². The molecular weight excluding hydrogens is 609 g/mol. The van der Waals surface area contributed by atoms with Gasteiger partial charge in [0.2, 0.25) is 17.7 Å². The van der Waals surface area contributed by atoms with Crippen molar-refractivity contribution < 1.29 is 23.6 Å². The predicted molar refractivity (Wildman–Crippen MR) is 182 cm³/mol. The van der Waals surface area contributed by atoms with Crippen LogP contribution in [0.1, 0.15) is 63.2 Å². The number of carbonyl (C=O) groups excluding carboxylic acids is 4. The SMILES string of the molecule is C=C[C@]1(C(=O)Nc2ccccc2)C[C@@H](C#N)N(C(=O)[C@H](CC(C)(C)C)NC(=O)[C@H](CC2CC2)NC(=O)c2cccc3cc(F)ccc23)C1. The third-order valence-electron chi connectivity index (χ3n) is 9.10. The maximum Gasteiger partial charge on any atom is 0.252 e. The number of rotatable bonds is 11. The first-order chi connectivity index (χ1) is 22.8. The van der Waals surface area contributed by atoms with Crippen molar-refractivity contribution in [2.45, 2.75) is 71.0 Å². The minimum absolute atomic E-state index is 0.0584. The van der Waals surface area contributed by atoms with Crippen LogP contribution in [0.25, 0.3) is 10.8 Å². The second-order valence-electron chi connectivity index (χ2n) is 14.2. The van der Waals surface area contributed by atoms with Gasteiger partial charge in [0.25, 0.3) is 5.91 Å². The fraction of sp³-hybridized carbons (Fsp3) is 0.395. The first-order valence-electron chi connectivity index (χ1n) is 16.3. The van der Waals surface area contributed by atoms with Crippen LogP contribution < -0.4 is 16.0 Å².